The molecule has 1 N–H and O–H groups in total. The van der Waals surface area contributed by atoms with Gasteiger partial charge in [0.15, 0.2) is 0 Å². The van der Waals surface area contributed by atoms with Crippen molar-refractivity contribution in [2.24, 2.45) is 0 Å². The van der Waals surface area contributed by atoms with Gasteiger partial charge in [-0.2, -0.15) is 4.98 Å². The maximum absolute atomic E-state index is 12.5. The highest BCUT2D eigenvalue weighted by molar-refractivity contribution is 6.30. The van der Waals surface area contributed by atoms with Crippen LogP contribution in [0, 0.1) is 6.92 Å². The lowest BCUT2D eigenvalue weighted by Crippen LogP contribution is -2.41. The molecule has 0 bridgehead atoms. The van der Waals surface area contributed by atoms with Crippen LogP contribution in [-0.2, 0) is 11.3 Å². The van der Waals surface area contributed by atoms with Gasteiger partial charge in [0.05, 0.1) is 0 Å². The minimum absolute atomic E-state index is 0.0340. The first kappa shape index (κ1) is 17.6. The molecule has 3 rings (SSSR count). The SMILES string of the molecule is Cc1nc(=O)c(C(=O)NC2CCOCC2)cn1Cc1ccc(Cl)cc1. The van der Waals surface area contributed by atoms with Gasteiger partial charge in [0.2, 0.25) is 0 Å². The van der Waals surface area contributed by atoms with E-state index in [1.54, 1.807) is 29.8 Å². The van der Waals surface area contributed by atoms with Gasteiger partial charge >= 0.3 is 0 Å². The number of aryl methyl sites for hydroxylation is 1. The average Bonchev–Trinajstić information content (AvgIpc) is 2.60. The lowest BCUT2D eigenvalue weighted by molar-refractivity contribution is 0.0695. The van der Waals surface area contributed by atoms with E-state index in [4.69, 9.17) is 16.3 Å². The summed E-state index contributed by atoms with van der Waals surface area (Å²) in [4.78, 5) is 28.6. The number of benzene rings is 1. The summed E-state index contributed by atoms with van der Waals surface area (Å²) < 4.78 is 7.08. The molecule has 1 aliphatic rings. The zero-order valence-electron chi connectivity index (χ0n) is 14.0. The van der Waals surface area contributed by atoms with E-state index < -0.39 is 5.56 Å². The van der Waals surface area contributed by atoms with E-state index in [-0.39, 0.29) is 17.5 Å². The maximum atomic E-state index is 12.5. The summed E-state index contributed by atoms with van der Waals surface area (Å²) in [5.74, 6) is 0.178. The molecule has 0 spiro atoms. The van der Waals surface area contributed by atoms with Crippen molar-refractivity contribution in [3.63, 3.8) is 0 Å². The number of amides is 1. The van der Waals surface area contributed by atoms with E-state index >= 15 is 0 Å². The number of rotatable bonds is 4. The Hall–Kier alpha value is -2.18. The Morgan fingerprint density at radius 3 is 2.68 bits per heavy atom. The summed E-state index contributed by atoms with van der Waals surface area (Å²) >= 11 is 5.90. The maximum Gasteiger partial charge on any atom is 0.285 e. The van der Waals surface area contributed by atoms with Gasteiger partial charge in [-0.3, -0.25) is 9.59 Å². The van der Waals surface area contributed by atoms with Crippen molar-refractivity contribution in [3.8, 4) is 0 Å². The molecule has 1 aromatic heterocycles. The highest BCUT2D eigenvalue weighted by Crippen LogP contribution is 2.12. The molecule has 1 aliphatic heterocycles. The Balaban J connectivity index is 1.80. The normalized spacial score (nSPS) is 15.1. The Morgan fingerprint density at radius 2 is 2.00 bits per heavy atom. The number of carbonyl (C=O) groups is 1. The van der Waals surface area contributed by atoms with Gasteiger partial charge in [0, 0.05) is 37.0 Å². The minimum Gasteiger partial charge on any atom is -0.381 e. The first-order chi connectivity index (χ1) is 12.0. The molecule has 0 radical (unpaired) electrons. The molecule has 1 fully saturated rings. The van der Waals surface area contributed by atoms with Gasteiger partial charge in [-0.15, -0.1) is 0 Å². The standard InChI is InChI=1S/C18H20ClN3O3/c1-12-20-17(23)16(18(24)21-15-6-8-25-9-7-15)11-22(12)10-13-2-4-14(19)5-3-13/h2-5,11,15H,6-10H2,1H3,(H,21,24). The summed E-state index contributed by atoms with van der Waals surface area (Å²) in [6.07, 6.45) is 3.09. The van der Waals surface area contributed by atoms with E-state index in [2.05, 4.69) is 10.3 Å². The van der Waals surface area contributed by atoms with Gasteiger partial charge in [0.25, 0.3) is 11.5 Å². The molecule has 0 atom stereocenters. The molecular weight excluding hydrogens is 342 g/mol. The fraction of sp³-hybridized carbons (Fsp3) is 0.389. The molecule has 0 saturated carbocycles. The summed E-state index contributed by atoms with van der Waals surface area (Å²) in [6, 6.07) is 7.46. The van der Waals surface area contributed by atoms with Crippen LogP contribution < -0.4 is 10.9 Å². The second-order valence-corrected chi connectivity index (χ2v) is 6.56. The van der Waals surface area contributed by atoms with Gasteiger partial charge in [-0.05, 0) is 37.5 Å². The zero-order chi connectivity index (χ0) is 17.8. The molecule has 1 aromatic carbocycles. The summed E-state index contributed by atoms with van der Waals surface area (Å²) in [7, 11) is 0. The Morgan fingerprint density at radius 1 is 1.32 bits per heavy atom. The van der Waals surface area contributed by atoms with Gasteiger partial charge in [-0.25, -0.2) is 0 Å². The third-order valence-corrected chi connectivity index (χ3v) is 4.51. The summed E-state index contributed by atoms with van der Waals surface area (Å²) in [5.41, 5.74) is 0.564. The van der Waals surface area contributed by atoms with Crippen LogP contribution in [0.3, 0.4) is 0 Å². The third-order valence-electron chi connectivity index (χ3n) is 4.26. The van der Waals surface area contributed by atoms with Crippen molar-refractivity contribution >= 4 is 17.5 Å². The van der Waals surface area contributed by atoms with Crippen LogP contribution in [0.4, 0.5) is 0 Å². The number of aromatic nitrogens is 2. The number of halogens is 1. The first-order valence-electron chi connectivity index (χ1n) is 8.24. The average molecular weight is 362 g/mol. The third kappa shape index (κ3) is 4.46. The molecule has 0 aliphatic carbocycles. The molecule has 132 valence electrons. The second kappa shape index (κ2) is 7.80. The van der Waals surface area contributed by atoms with Crippen molar-refractivity contribution in [3.05, 3.63) is 62.8 Å². The Bertz CT molecular complexity index is 811. The van der Waals surface area contributed by atoms with Gasteiger partial charge in [0.1, 0.15) is 11.4 Å². The number of nitrogens with zero attached hydrogens (tertiary/aromatic N) is 2. The predicted molar refractivity (Wildman–Crippen MR) is 95.1 cm³/mol. The Labute approximate surface area is 150 Å². The highest BCUT2D eigenvalue weighted by Gasteiger charge is 2.20. The molecule has 7 heteroatoms. The lowest BCUT2D eigenvalue weighted by Gasteiger charge is -2.23. The van der Waals surface area contributed by atoms with E-state index in [1.165, 1.54) is 0 Å². The molecule has 25 heavy (non-hydrogen) atoms. The number of hydrogen-bond acceptors (Lipinski definition) is 4. The van der Waals surface area contributed by atoms with Gasteiger partial charge in [-0.1, -0.05) is 23.7 Å². The molecule has 0 unspecified atom stereocenters. The highest BCUT2D eigenvalue weighted by atomic mass is 35.5. The summed E-state index contributed by atoms with van der Waals surface area (Å²) in [5, 5.41) is 3.57. The minimum atomic E-state index is -0.505. The number of ether oxygens (including phenoxy) is 1. The molecule has 2 heterocycles. The molecule has 1 amide bonds. The predicted octanol–water partition coefficient (Wildman–Crippen LogP) is 2.16. The van der Waals surface area contributed by atoms with E-state index in [9.17, 15) is 9.59 Å². The van der Waals surface area contributed by atoms with Crippen LogP contribution in [0.2, 0.25) is 5.02 Å². The zero-order valence-corrected chi connectivity index (χ0v) is 14.8. The van der Waals surface area contributed by atoms with Gasteiger partial charge < -0.3 is 14.6 Å². The fourth-order valence-corrected chi connectivity index (χ4v) is 2.91. The first-order valence-corrected chi connectivity index (χ1v) is 8.62. The monoisotopic (exact) mass is 361 g/mol. The molecule has 1 saturated heterocycles. The van der Waals surface area contributed by atoms with Crippen molar-refractivity contribution < 1.29 is 9.53 Å². The van der Waals surface area contributed by atoms with Crippen LogP contribution >= 0.6 is 11.6 Å². The lowest BCUT2D eigenvalue weighted by atomic mass is 10.1. The van der Waals surface area contributed by atoms with Crippen molar-refractivity contribution in [1.82, 2.24) is 14.9 Å². The smallest absolute Gasteiger partial charge is 0.285 e. The van der Waals surface area contributed by atoms with Crippen molar-refractivity contribution in [2.45, 2.75) is 32.4 Å². The van der Waals surface area contributed by atoms with Crippen molar-refractivity contribution in [1.29, 1.82) is 0 Å². The van der Waals surface area contributed by atoms with Crippen LogP contribution in [0.1, 0.15) is 34.6 Å². The largest absolute Gasteiger partial charge is 0.381 e. The number of hydrogen-bond donors (Lipinski definition) is 1. The van der Waals surface area contributed by atoms with E-state index in [1.807, 2.05) is 12.1 Å². The molecule has 2 aromatic rings. The second-order valence-electron chi connectivity index (χ2n) is 6.12. The quantitative estimate of drug-likeness (QED) is 0.905. The molecule has 6 nitrogen and oxygen atoms in total. The van der Waals surface area contributed by atoms with E-state index in [0.29, 0.717) is 30.6 Å². The van der Waals surface area contributed by atoms with Crippen LogP contribution in [0.5, 0.6) is 0 Å². The van der Waals surface area contributed by atoms with Crippen LogP contribution in [0.15, 0.2) is 35.3 Å². The number of nitrogens with one attached hydrogen (secondary N) is 1. The fourth-order valence-electron chi connectivity index (χ4n) is 2.78. The van der Waals surface area contributed by atoms with Crippen LogP contribution in [-0.4, -0.2) is 34.7 Å². The summed E-state index contributed by atoms with van der Waals surface area (Å²) in [6.45, 7) is 3.50. The van der Waals surface area contributed by atoms with Crippen molar-refractivity contribution in [2.75, 3.05) is 13.2 Å². The Kier molecular flexibility index (Phi) is 5.50. The van der Waals surface area contributed by atoms with E-state index in [0.717, 1.165) is 18.4 Å². The number of carbonyl (C=O) groups excluding carboxylic acids is 1. The topological polar surface area (TPSA) is 73.2 Å². The molecular formula is C18H20ClN3O3. The van der Waals surface area contributed by atoms with Crippen LogP contribution in [0.25, 0.3) is 0 Å².